The first-order chi connectivity index (χ1) is 8.43. The Kier molecular flexibility index (Phi) is 5.12. The van der Waals surface area contributed by atoms with Crippen LogP contribution in [0.2, 0.25) is 5.02 Å². The Morgan fingerprint density at radius 3 is 2.61 bits per heavy atom. The van der Waals surface area contributed by atoms with E-state index < -0.39 is 12.5 Å². The van der Waals surface area contributed by atoms with E-state index in [0.29, 0.717) is 10.6 Å². The predicted octanol–water partition coefficient (Wildman–Crippen LogP) is 1.41. The van der Waals surface area contributed by atoms with Gasteiger partial charge >= 0.3 is 0 Å². The fourth-order valence-electron chi connectivity index (χ4n) is 1.35. The first-order valence-electron chi connectivity index (χ1n) is 5.45. The molecule has 0 bridgehead atoms. The molecule has 1 aromatic rings. The maximum Gasteiger partial charge on any atom is 0.253 e. The summed E-state index contributed by atoms with van der Waals surface area (Å²) in [6, 6.07) is 4.53. The number of halogens is 1. The summed E-state index contributed by atoms with van der Waals surface area (Å²) in [5, 5.41) is 14.2. The van der Waals surface area contributed by atoms with Crippen LogP contribution in [0.5, 0.6) is 0 Å². The molecule has 5 nitrogen and oxygen atoms in total. The minimum atomic E-state index is -0.655. The van der Waals surface area contributed by atoms with Gasteiger partial charge in [0.25, 0.3) is 5.91 Å². The molecule has 0 spiro atoms. The molecule has 0 saturated carbocycles. The monoisotopic (exact) mass is 270 g/mol. The summed E-state index contributed by atoms with van der Waals surface area (Å²) in [6.07, 6.45) is 0. The van der Waals surface area contributed by atoms with Crippen molar-refractivity contribution in [3.8, 4) is 0 Å². The highest BCUT2D eigenvalue weighted by Gasteiger charge is 2.14. The van der Waals surface area contributed by atoms with Crippen LogP contribution in [0.4, 0.5) is 5.69 Å². The zero-order valence-electron chi connectivity index (χ0n) is 10.2. The number of aliphatic hydroxyl groups is 1. The van der Waals surface area contributed by atoms with Crippen LogP contribution in [0.15, 0.2) is 18.2 Å². The van der Waals surface area contributed by atoms with Crippen LogP contribution in [0.25, 0.3) is 0 Å². The Morgan fingerprint density at radius 1 is 1.39 bits per heavy atom. The molecule has 0 aromatic heterocycles. The second-order valence-electron chi connectivity index (χ2n) is 4.02. The number of nitrogens with one attached hydrogen (secondary N) is 2. The Morgan fingerprint density at radius 2 is 2.06 bits per heavy atom. The molecule has 0 unspecified atom stereocenters. The second kappa shape index (κ2) is 6.37. The molecule has 0 saturated heterocycles. The van der Waals surface area contributed by atoms with Gasteiger partial charge in [0.2, 0.25) is 5.91 Å². The van der Waals surface area contributed by atoms with Gasteiger partial charge < -0.3 is 15.7 Å². The highest BCUT2D eigenvalue weighted by molar-refractivity contribution is 6.31. The Hall–Kier alpha value is -1.59. The average Bonchev–Trinajstić information content (AvgIpc) is 2.27. The lowest BCUT2D eigenvalue weighted by Crippen LogP contribution is -2.31. The SMILES string of the molecule is CC(C)NC(=O)c1ccc(Cl)cc1NC(=O)CO. The minimum absolute atomic E-state index is 0.0189. The molecule has 0 atom stereocenters. The number of amides is 2. The van der Waals surface area contributed by atoms with E-state index in [2.05, 4.69) is 10.6 Å². The molecule has 18 heavy (non-hydrogen) atoms. The van der Waals surface area contributed by atoms with Gasteiger partial charge in [-0.3, -0.25) is 9.59 Å². The van der Waals surface area contributed by atoms with Gasteiger partial charge in [-0.2, -0.15) is 0 Å². The van der Waals surface area contributed by atoms with Crippen LogP contribution in [0.1, 0.15) is 24.2 Å². The van der Waals surface area contributed by atoms with Crippen molar-refractivity contribution in [1.29, 1.82) is 0 Å². The second-order valence-corrected chi connectivity index (χ2v) is 4.46. The molecular formula is C12H15ClN2O3. The number of carbonyl (C=O) groups excluding carboxylic acids is 2. The number of benzene rings is 1. The molecule has 0 aliphatic carbocycles. The largest absolute Gasteiger partial charge is 0.387 e. The third-order valence-corrected chi connectivity index (χ3v) is 2.30. The summed E-state index contributed by atoms with van der Waals surface area (Å²) in [5.41, 5.74) is 0.578. The highest BCUT2D eigenvalue weighted by Crippen LogP contribution is 2.21. The maximum atomic E-state index is 11.9. The maximum absolute atomic E-state index is 11.9. The predicted molar refractivity (Wildman–Crippen MR) is 69.8 cm³/mol. The first kappa shape index (κ1) is 14.5. The first-order valence-corrected chi connectivity index (χ1v) is 5.83. The molecular weight excluding hydrogens is 256 g/mol. The quantitative estimate of drug-likeness (QED) is 0.774. The van der Waals surface area contributed by atoms with Gasteiger partial charge in [-0.15, -0.1) is 0 Å². The van der Waals surface area contributed by atoms with E-state index in [1.807, 2.05) is 13.8 Å². The molecule has 2 amide bonds. The minimum Gasteiger partial charge on any atom is -0.387 e. The number of hydrogen-bond acceptors (Lipinski definition) is 3. The topological polar surface area (TPSA) is 78.4 Å². The van der Waals surface area contributed by atoms with Gasteiger partial charge in [-0.1, -0.05) is 11.6 Å². The highest BCUT2D eigenvalue weighted by atomic mass is 35.5. The standard InChI is InChI=1S/C12H15ClN2O3/c1-7(2)14-12(18)9-4-3-8(13)5-10(9)15-11(17)6-16/h3-5,7,16H,6H2,1-2H3,(H,14,18)(H,15,17). The smallest absolute Gasteiger partial charge is 0.253 e. The summed E-state index contributed by atoms with van der Waals surface area (Å²) in [4.78, 5) is 23.0. The fourth-order valence-corrected chi connectivity index (χ4v) is 1.52. The van der Waals surface area contributed by atoms with E-state index in [4.69, 9.17) is 16.7 Å². The van der Waals surface area contributed by atoms with Crippen molar-refractivity contribution in [1.82, 2.24) is 5.32 Å². The molecule has 0 aliphatic rings. The van der Waals surface area contributed by atoms with E-state index in [9.17, 15) is 9.59 Å². The molecule has 6 heteroatoms. The van der Waals surface area contributed by atoms with E-state index in [0.717, 1.165) is 0 Å². The van der Waals surface area contributed by atoms with Crippen molar-refractivity contribution in [2.45, 2.75) is 19.9 Å². The van der Waals surface area contributed by atoms with E-state index >= 15 is 0 Å². The number of hydrogen-bond donors (Lipinski definition) is 3. The van der Waals surface area contributed by atoms with Gasteiger partial charge in [0, 0.05) is 11.1 Å². The van der Waals surface area contributed by atoms with Crippen LogP contribution in [0, 0.1) is 0 Å². The normalized spacial score (nSPS) is 10.3. The van der Waals surface area contributed by atoms with Crippen LogP contribution in [0.3, 0.4) is 0 Å². The third kappa shape index (κ3) is 4.01. The van der Waals surface area contributed by atoms with Gasteiger partial charge in [-0.25, -0.2) is 0 Å². The van der Waals surface area contributed by atoms with Crippen molar-refractivity contribution in [3.63, 3.8) is 0 Å². The lowest BCUT2D eigenvalue weighted by molar-refractivity contribution is -0.118. The third-order valence-electron chi connectivity index (χ3n) is 2.06. The fraction of sp³-hybridized carbons (Fsp3) is 0.333. The molecule has 1 rings (SSSR count). The Balaban J connectivity index is 3.02. The summed E-state index contributed by atoms with van der Waals surface area (Å²) in [7, 11) is 0. The van der Waals surface area contributed by atoms with Crippen LogP contribution in [-0.2, 0) is 4.79 Å². The molecule has 0 radical (unpaired) electrons. The van der Waals surface area contributed by atoms with E-state index in [1.54, 1.807) is 6.07 Å². The number of aliphatic hydroxyl groups excluding tert-OH is 1. The summed E-state index contributed by atoms with van der Waals surface area (Å²) in [5.74, 6) is -0.911. The number of carbonyl (C=O) groups is 2. The summed E-state index contributed by atoms with van der Waals surface area (Å²) >= 11 is 5.81. The van der Waals surface area contributed by atoms with Crippen LogP contribution >= 0.6 is 11.6 Å². The number of rotatable bonds is 4. The lowest BCUT2D eigenvalue weighted by atomic mass is 10.1. The van der Waals surface area contributed by atoms with Crippen molar-refractivity contribution >= 4 is 29.1 Å². The molecule has 1 aromatic carbocycles. The van der Waals surface area contributed by atoms with Gasteiger partial charge in [0.15, 0.2) is 0 Å². The van der Waals surface area contributed by atoms with Crippen LogP contribution < -0.4 is 10.6 Å². The van der Waals surface area contributed by atoms with Gasteiger partial charge in [-0.05, 0) is 32.0 Å². The van der Waals surface area contributed by atoms with Crippen molar-refractivity contribution < 1.29 is 14.7 Å². The van der Waals surface area contributed by atoms with Gasteiger partial charge in [0.05, 0.1) is 11.3 Å². The number of anilines is 1. The molecule has 0 heterocycles. The van der Waals surface area contributed by atoms with E-state index in [-0.39, 0.29) is 17.6 Å². The summed E-state index contributed by atoms with van der Waals surface area (Å²) < 4.78 is 0. The molecule has 0 fully saturated rings. The van der Waals surface area contributed by atoms with E-state index in [1.165, 1.54) is 12.1 Å². The molecule has 3 N–H and O–H groups in total. The summed E-state index contributed by atoms with van der Waals surface area (Å²) in [6.45, 7) is 3.01. The van der Waals surface area contributed by atoms with Crippen molar-refractivity contribution in [3.05, 3.63) is 28.8 Å². The zero-order chi connectivity index (χ0) is 13.7. The molecule has 98 valence electrons. The van der Waals surface area contributed by atoms with Crippen molar-refractivity contribution in [2.24, 2.45) is 0 Å². The average molecular weight is 271 g/mol. The molecule has 0 aliphatic heterocycles. The Bertz CT molecular complexity index is 461. The van der Waals surface area contributed by atoms with Crippen molar-refractivity contribution in [2.75, 3.05) is 11.9 Å². The van der Waals surface area contributed by atoms with Gasteiger partial charge in [0.1, 0.15) is 6.61 Å². The lowest BCUT2D eigenvalue weighted by Gasteiger charge is -2.13. The zero-order valence-corrected chi connectivity index (χ0v) is 10.9. The van der Waals surface area contributed by atoms with Crippen LogP contribution in [-0.4, -0.2) is 29.6 Å². The Labute approximate surface area is 110 Å².